The summed E-state index contributed by atoms with van der Waals surface area (Å²) in [6.45, 7) is 8.33. The second-order valence-electron chi connectivity index (χ2n) is 6.76. The average Bonchev–Trinajstić information content (AvgIpc) is 2.73. The van der Waals surface area contributed by atoms with E-state index in [-0.39, 0.29) is 0 Å². The molecule has 132 valence electrons. The van der Waals surface area contributed by atoms with E-state index in [9.17, 15) is 0 Å². The first-order chi connectivity index (χ1) is 13.2. The number of nitrogens with zero attached hydrogens (tertiary/aromatic N) is 2. The zero-order valence-electron chi connectivity index (χ0n) is 15.7. The van der Waals surface area contributed by atoms with Crippen LogP contribution in [-0.4, -0.2) is 9.97 Å². The molecule has 0 saturated carbocycles. The highest BCUT2D eigenvalue weighted by Gasteiger charge is 2.16. The smallest absolute Gasteiger partial charge is 0.0973 e. The van der Waals surface area contributed by atoms with E-state index in [1.165, 1.54) is 5.56 Å². The Morgan fingerprint density at radius 3 is 1.74 bits per heavy atom. The Balaban J connectivity index is 2.12. The van der Waals surface area contributed by atoms with Crippen LogP contribution in [0.1, 0.15) is 25.0 Å². The summed E-state index contributed by atoms with van der Waals surface area (Å²) in [5.41, 5.74) is 9.15. The van der Waals surface area contributed by atoms with Gasteiger partial charge in [0.25, 0.3) is 0 Å². The first-order valence-electron chi connectivity index (χ1n) is 9.29. The van der Waals surface area contributed by atoms with Crippen molar-refractivity contribution in [2.75, 3.05) is 0 Å². The standard InChI is InChI=1S/C25H22N2/c1-4-18-15-16-21(17(2)3)25-22(18)26-23(19-11-7-5-8-12-19)24(27-25)20-13-9-6-10-14-20/h5-16H,2,4H2,1,3H3. The minimum absolute atomic E-state index is 0.907. The van der Waals surface area contributed by atoms with Crippen LogP contribution in [0.15, 0.2) is 79.4 Å². The molecule has 0 aliphatic carbocycles. The molecule has 0 spiro atoms. The van der Waals surface area contributed by atoms with Gasteiger partial charge in [0.15, 0.2) is 0 Å². The lowest BCUT2D eigenvalue weighted by atomic mass is 9.99. The van der Waals surface area contributed by atoms with Crippen LogP contribution in [0.25, 0.3) is 39.1 Å². The second kappa shape index (κ2) is 7.16. The van der Waals surface area contributed by atoms with Crippen LogP contribution in [0.3, 0.4) is 0 Å². The lowest BCUT2D eigenvalue weighted by Crippen LogP contribution is -2.00. The minimum Gasteiger partial charge on any atom is -0.244 e. The van der Waals surface area contributed by atoms with Crippen molar-refractivity contribution in [1.82, 2.24) is 9.97 Å². The first kappa shape index (κ1) is 17.2. The van der Waals surface area contributed by atoms with E-state index in [2.05, 4.69) is 49.9 Å². The zero-order chi connectivity index (χ0) is 18.8. The lowest BCUT2D eigenvalue weighted by molar-refractivity contribution is 1.13. The molecule has 2 heteroatoms. The molecule has 0 aliphatic rings. The van der Waals surface area contributed by atoms with Crippen molar-refractivity contribution in [2.24, 2.45) is 0 Å². The van der Waals surface area contributed by atoms with Gasteiger partial charge in [0, 0.05) is 16.7 Å². The molecule has 27 heavy (non-hydrogen) atoms. The van der Waals surface area contributed by atoms with Gasteiger partial charge in [0.05, 0.1) is 22.4 Å². The molecule has 0 N–H and O–H groups in total. The van der Waals surface area contributed by atoms with Crippen LogP contribution in [0.2, 0.25) is 0 Å². The normalized spacial score (nSPS) is 10.9. The molecule has 2 nitrogen and oxygen atoms in total. The number of aryl methyl sites for hydroxylation is 1. The summed E-state index contributed by atoms with van der Waals surface area (Å²) in [7, 11) is 0. The maximum atomic E-state index is 5.13. The van der Waals surface area contributed by atoms with Crippen molar-refractivity contribution in [3.05, 3.63) is 90.5 Å². The fourth-order valence-electron chi connectivity index (χ4n) is 3.41. The molecular weight excluding hydrogens is 328 g/mol. The molecule has 0 bridgehead atoms. The molecule has 1 heterocycles. The largest absolute Gasteiger partial charge is 0.244 e. The van der Waals surface area contributed by atoms with Crippen LogP contribution in [0, 0.1) is 0 Å². The van der Waals surface area contributed by atoms with Gasteiger partial charge in [-0.05, 0) is 24.5 Å². The summed E-state index contributed by atoms with van der Waals surface area (Å²) in [5.74, 6) is 0. The number of benzene rings is 3. The molecular formula is C25H22N2. The molecule has 0 unspecified atom stereocenters. The highest BCUT2D eigenvalue weighted by atomic mass is 14.8. The van der Waals surface area contributed by atoms with Gasteiger partial charge in [0.2, 0.25) is 0 Å². The first-order valence-corrected chi connectivity index (χ1v) is 9.29. The average molecular weight is 350 g/mol. The van der Waals surface area contributed by atoms with E-state index in [0.29, 0.717) is 0 Å². The van der Waals surface area contributed by atoms with Crippen LogP contribution < -0.4 is 0 Å². The minimum atomic E-state index is 0.907. The van der Waals surface area contributed by atoms with Gasteiger partial charge < -0.3 is 0 Å². The van der Waals surface area contributed by atoms with Gasteiger partial charge in [-0.1, -0.05) is 86.3 Å². The summed E-state index contributed by atoms with van der Waals surface area (Å²) in [5, 5.41) is 0. The highest BCUT2D eigenvalue weighted by molar-refractivity contribution is 5.94. The molecule has 1 aromatic heterocycles. The summed E-state index contributed by atoms with van der Waals surface area (Å²) in [6.07, 6.45) is 0.917. The Hall–Kier alpha value is -3.26. The maximum absolute atomic E-state index is 5.13. The Bertz CT molecular complexity index is 1110. The van der Waals surface area contributed by atoms with Crippen LogP contribution in [0.4, 0.5) is 0 Å². The van der Waals surface area contributed by atoms with Crippen molar-refractivity contribution in [3.63, 3.8) is 0 Å². The number of aromatic nitrogens is 2. The maximum Gasteiger partial charge on any atom is 0.0973 e. The molecule has 4 aromatic rings. The Morgan fingerprint density at radius 1 is 0.741 bits per heavy atom. The quantitative estimate of drug-likeness (QED) is 0.416. The summed E-state index contributed by atoms with van der Waals surface area (Å²) >= 11 is 0. The van der Waals surface area contributed by atoms with E-state index in [1.54, 1.807) is 0 Å². The van der Waals surface area contributed by atoms with E-state index in [1.807, 2.05) is 43.3 Å². The number of allylic oxidation sites excluding steroid dienone is 1. The second-order valence-corrected chi connectivity index (χ2v) is 6.76. The third kappa shape index (κ3) is 3.15. The predicted molar refractivity (Wildman–Crippen MR) is 114 cm³/mol. The van der Waals surface area contributed by atoms with Gasteiger partial charge >= 0.3 is 0 Å². The third-order valence-electron chi connectivity index (χ3n) is 4.84. The van der Waals surface area contributed by atoms with E-state index in [4.69, 9.17) is 9.97 Å². The third-order valence-corrected chi connectivity index (χ3v) is 4.84. The van der Waals surface area contributed by atoms with Crippen molar-refractivity contribution in [1.29, 1.82) is 0 Å². The van der Waals surface area contributed by atoms with Gasteiger partial charge in [-0.15, -0.1) is 0 Å². The Kier molecular flexibility index (Phi) is 4.55. The topological polar surface area (TPSA) is 25.8 Å². The summed E-state index contributed by atoms with van der Waals surface area (Å²) in [4.78, 5) is 10.3. The monoisotopic (exact) mass is 350 g/mol. The highest BCUT2D eigenvalue weighted by Crippen LogP contribution is 2.34. The molecule has 3 aromatic carbocycles. The molecule has 0 fully saturated rings. The number of fused-ring (bicyclic) bond motifs is 1. The molecule has 0 atom stereocenters. The number of rotatable bonds is 4. The fraction of sp³-hybridized carbons (Fsp3) is 0.120. The molecule has 4 rings (SSSR count). The van der Waals surface area contributed by atoms with Crippen LogP contribution in [-0.2, 0) is 6.42 Å². The van der Waals surface area contributed by atoms with E-state index < -0.39 is 0 Å². The molecule has 0 aliphatic heterocycles. The predicted octanol–water partition coefficient (Wildman–Crippen LogP) is 6.56. The molecule has 0 radical (unpaired) electrons. The number of hydrogen-bond donors (Lipinski definition) is 0. The molecule has 0 amide bonds. The SMILES string of the molecule is C=C(C)c1ccc(CC)c2nc(-c3ccccc3)c(-c3ccccc3)nc12. The van der Waals surface area contributed by atoms with E-state index in [0.717, 1.165) is 51.1 Å². The van der Waals surface area contributed by atoms with Gasteiger partial charge in [-0.3, -0.25) is 0 Å². The lowest BCUT2D eigenvalue weighted by Gasteiger charge is -2.15. The van der Waals surface area contributed by atoms with Crippen LogP contribution in [0.5, 0.6) is 0 Å². The Morgan fingerprint density at radius 2 is 1.26 bits per heavy atom. The Labute approximate surface area is 160 Å². The van der Waals surface area contributed by atoms with E-state index >= 15 is 0 Å². The van der Waals surface area contributed by atoms with Crippen molar-refractivity contribution >= 4 is 16.6 Å². The summed E-state index contributed by atoms with van der Waals surface area (Å²) < 4.78 is 0. The van der Waals surface area contributed by atoms with Crippen molar-refractivity contribution in [2.45, 2.75) is 20.3 Å². The molecule has 0 saturated heterocycles. The van der Waals surface area contributed by atoms with Gasteiger partial charge in [0.1, 0.15) is 0 Å². The van der Waals surface area contributed by atoms with Crippen molar-refractivity contribution < 1.29 is 0 Å². The van der Waals surface area contributed by atoms with Crippen LogP contribution >= 0.6 is 0 Å². The number of hydrogen-bond acceptors (Lipinski definition) is 2. The van der Waals surface area contributed by atoms with Crippen molar-refractivity contribution in [3.8, 4) is 22.5 Å². The van der Waals surface area contributed by atoms with Gasteiger partial charge in [-0.2, -0.15) is 0 Å². The van der Waals surface area contributed by atoms with Gasteiger partial charge in [-0.25, -0.2) is 9.97 Å². The zero-order valence-corrected chi connectivity index (χ0v) is 15.7. The fourth-order valence-corrected chi connectivity index (χ4v) is 3.41. The summed E-state index contributed by atoms with van der Waals surface area (Å²) in [6, 6.07) is 24.8.